The van der Waals surface area contributed by atoms with Gasteiger partial charge < -0.3 is 10.5 Å². The van der Waals surface area contributed by atoms with Gasteiger partial charge in [-0.2, -0.15) is 0 Å². The van der Waals surface area contributed by atoms with Crippen LogP contribution in [-0.4, -0.2) is 27.1 Å². The van der Waals surface area contributed by atoms with Crippen molar-refractivity contribution >= 4 is 0 Å². The minimum atomic E-state index is -0.329. The van der Waals surface area contributed by atoms with E-state index in [1.54, 1.807) is 17.9 Å². The number of nitrogens with two attached hydrogens (primary N) is 1. The zero-order valence-electron chi connectivity index (χ0n) is 7.61. The number of hydrogen-bond acceptors (Lipinski definition) is 4. The first-order chi connectivity index (χ1) is 5.49. The maximum atomic E-state index is 5.73. The Hall–Kier alpha value is -1.10. The van der Waals surface area contributed by atoms with E-state index in [9.17, 15) is 0 Å². The lowest BCUT2D eigenvalue weighted by atomic mass is 10.1. The maximum Gasteiger partial charge on any atom is 0.232 e. The van der Waals surface area contributed by atoms with Crippen LogP contribution >= 0.6 is 0 Å². The topological polar surface area (TPSA) is 66.0 Å². The molecule has 68 valence electrons. The fraction of sp³-hybridized carbons (Fsp3) is 0.714. The molecule has 0 saturated heterocycles. The van der Waals surface area contributed by atoms with Crippen LogP contribution in [0.4, 0.5) is 0 Å². The van der Waals surface area contributed by atoms with Crippen molar-refractivity contribution in [2.45, 2.75) is 19.4 Å². The standard InChI is InChI=1S/C7H14N4O/c1-7(2,8)5-12-6-4-9-10-11(6)3/h4H,5,8H2,1-3H3. The van der Waals surface area contributed by atoms with E-state index in [1.807, 2.05) is 13.8 Å². The lowest BCUT2D eigenvalue weighted by Gasteiger charge is -2.18. The van der Waals surface area contributed by atoms with E-state index in [-0.39, 0.29) is 5.54 Å². The van der Waals surface area contributed by atoms with Crippen molar-refractivity contribution in [1.29, 1.82) is 0 Å². The molecule has 0 atom stereocenters. The van der Waals surface area contributed by atoms with Gasteiger partial charge in [-0.1, -0.05) is 5.21 Å². The van der Waals surface area contributed by atoms with E-state index in [0.717, 1.165) is 0 Å². The second kappa shape index (κ2) is 3.10. The summed E-state index contributed by atoms with van der Waals surface area (Å²) in [6.07, 6.45) is 1.56. The quantitative estimate of drug-likeness (QED) is 0.689. The normalized spacial score (nSPS) is 11.7. The molecule has 0 saturated carbocycles. The van der Waals surface area contributed by atoms with Gasteiger partial charge in [0.15, 0.2) is 0 Å². The highest BCUT2D eigenvalue weighted by molar-refractivity contribution is 5.01. The molecule has 12 heavy (non-hydrogen) atoms. The van der Waals surface area contributed by atoms with Crippen molar-refractivity contribution < 1.29 is 4.74 Å². The van der Waals surface area contributed by atoms with Crippen LogP contribution in [-0.2, 0) is 7.05 Å². The van der Waals surface area contributed by atoms with Crippen LogP contribution in [0.1, 0.15) is 13.8 Å². The summed E-state index contributed by atoms with van der Waals surface area (Å²) in [5, 5.41) is 7.39. The van der Waals surface area contributed by atoms with Crippen LogP contribution in [0.15, 0.2) is 6.20 Å². The van der Waals surface area contributed by atoms with Crippen LogP contribution < -0.4 is 10.5 Å². The number of nitrogens with zero attached hydrogens (tertiary/aromatic N) is 3. The van der Waals surface area contributed by atoms with Gasteiger partial charge in [0.25, 0.3) is 0 Å². The molecule has 1 heterocycles. The smallest absolute Gasteiger partial charge is 0.232 e. The van der Waals surface area contributed by atoms with E-state index in [4.69, 9.17) is 10.5 Å². The summed E-state index contributed by atoms with van der Waals surface area (Å²) >= 11 is 0. The molecule has 0 aliphatic rings. The molecule has 2 N–H and O–H groups in total. The van der Waals surface area contributed by atoms with Gasteiger partial charge in [-0.15, -0.1) is 5.10 Å². The van der Waals surface area contributed by atoms with E-state index >= 15 is 0 Å². The number of aromatic nitrogens is 3. The number of ether oxygens (including phenoxy) is 1. The van der Waals surface area contributed by atoms with Gasteiger partial charge in [-0.05, 0) is 13.8 Å². The second-order valence-corrected chi connectivity index (χ2v) is 3.47. The first kappa shape index (κ1) is 8.99. The minimum absolute atomic E-state index is 0.329. The molecule has 0 fully saturated rings. The van der Waals surface area contributed by atoms with E-state index in [2.05, 4.69) is 10.3 Å². The molecule has 0 radical (unpaired) electrons. The Bertz CT molecular complexity index is 250. The second-order valence-electron chi connectivity index (χ2n) is 3.47. The highest BCUT2D eigenvalue weighted by Gasteiger charge is 2.12. The van der Waals surface area contributed by atoms with Crippen molar-refractivity contribution in [3.05, 3.63) is 6.20 Å². The van der Waals surface area contributed by atoms with Crippen molar-refractivity contribution in [3.8, 4) is 5.88 Å². The van der Waals surface area contributed by atoms with Crippen molar-refractivity contribution in [2.24, 2.45) is 12.8 Å². The molecule has 0 bridgehead atoms. The third-order valence-corrected chi connectivity index (χ3v) is 1.26. The van der Waals surface area contributed by atoms with Gasteiger partial charge >= 0.3 is 0 Å². The molecule has 1 rings (SSSR count). The summed E-state index contributed by atoms with van der Waals surface area (Å²) in [5.74, 6) is 0.633. The Morgan fingerprint density at radius 3 is 2.75 bits per heavy atom. The predicted octanol–water partition coefficient (Wildman–Crippen LogP) is -0.0688. The zero-order valence-corrected chi connectivity index (χ0v) is 7.61. The molecule has 1 aromatic heterocycles. The molecule has 0 unspecified atom stereocenters. The maximum absolute atomic E-state index is 5.73. The Balaban J connectivity index is 2.49. The highest BCUT2D eigenvalue weighted by atomic mass is 16.5. The molecule has 0 aliphatic carbocycles. The molecular formula is C7H14N4O. The van der Waals surface area contributed by atoms with Gasteiger partial charge in [0, 0.05) is 12.6 Å². The van der Waals surface area contributed by atoms with Crippen molar-refractivity contribution in [1.82, 2.24) is 15.0 Å². The average molecular weight is 170 g/mol. The summed E-state index contributed by atoms with van der Waals surface area (Å²) in [5.41, 5.74) is 5.40. The lowest BCUT2D eigenvalue weighted by Crippen LogP contribution is -2.38. The summed E-state index contributed by atoms with van der Waals surface area (Å²) in [7, 11) is 1.77. The molecule has 1 aromatic rings. The molecule has 0 aromatic carbocycles. The van der Waals surface area contributed by atoms with Crippen LogP contribution in [0.3, 0.4) is 0 Å². The molecular weight excluding hydrogens is 156 g/mol. The lowest BCUT2D eigenvalue weighted by molar-refractivity contribution is 0.226. The Labute approximate surface area is 71.5 Å². The van der Waals surface area contributed by atoms with Gasteiger partial charge in [0.2, 0.25) is 5.88 Å². The first-order valence-electron chi connectivity index (χ1n) is 3.75. The number of hydrogen-bond donors (Lipinski definition) is 1. The molecule has 0 spiro atoms. The Kier molecular flexibility index (Phi) is 2.32. The minimum Gasteiger partial charge on any atom is -0.475 e. The summed E-state index contributed by atoms with van der Waals surface area (Å²) in [6.45, 7) is 4.25. The molecule has 0 aliphatic heterocycles. The van der Waals surface area contributed by atoms with Crippen molar-refractivity contribution in [3.63, 3.8) is 0 Å². The average Bonchev–Trinajstić information content (AvgIpc) is 2.29. The summed E-state index contributed by atoms with van der Waals surface area (Å²) in [4.78, 5) is 0. The van der Waals surface area contributed by atoms with E-state index in [0.29, 0.717) is 12.5 Å². The van der Waals surface area contributed by atoms with Crippen LogP contribution in [0.2, 0.25) is 0 Å². The fourth-order valence-corrected chi connectivity index (χ4v) is 0.671. The van der Waals surface area contributed by atoms with E-state index in [1.165, 1.54) is 0 Å². The highest BCUT2D eigenvalue weighted by Crippen LogP contribution is 2.07. The Morgan fingerprint density at radius 2 is 2.33 bits per heavy atom. The number of rotatable bonds is 3. The first-order valence-corrected chi connectivity index (χ1v) is 3.75. The summed E-state index contributed by atoms with van der Waals surface area (Å²) in [6, 6.07) is 0. The molecule has 5 heteroatoms. The predicted molar refractivity (Wildman–Crippen MR) is 44.8 cm³/mol. The third kappa shape index (κ3) is 2.50. The SMILES string of the molecule is Cn1nncc1OCC(C)(C)N. The van der Waals surface area contributed by atoms with Gasteiger partial charge in [0.1, 0.15) is 12.8 Å². The summed E-state index contributed by atoms with van der Waals surface area (Å²) < 4.78 is 6.92. The van der Waals surface area contributed by atoms with Gasteiger partial charge in [-0.25, -0.2) is 4.68 Å². The fourth-order valence-electron chi connectivity index (χ4n) is 0.671. The number of aryl methyl sites for hydroxylation is 1. The zero-order chi connectivity index (χ0) is 9.19. The molecule has 5 nitrogen and oxygen atoms in total. The van der Waals surface area contributed by atoms with Crippen LogP contribution in [0.5, 0.6) is 5.88 Å². The molecule has 0 amide bonds. The van der Waals surface area contributed by atoms with Crippen molar-refractivity contribution in [2.75, 3.05) is 6.61 Å². The Morgan fingerprint density at radius 1 is 1.67 bits per heavy atom. The third-order valence-electron chi connectivity index (χ3n) is 1.26. The monoisotopic (exact) mass is 170 g/mol. The van der Waals surface area contributed by atoms with Gasteiger partial charge in [0.05, 0.1) is 0 Å². The van der Waals surface area contributed by atoms with Crippen LogP contribution in [0, 0.1) is 0 Å². The largest absolute Gasteiger partial charge is 0.475 e. The van der Waals surface area contributed by atoms with E-state index < -0.39 is 0 Å². The van der Waals surface area contributed by atoms with Crippen LogP contribution in [0.25, 0.3) is 0 Å². The van der Waals surface area contributed by atoms with Gasteiger partial charge in [-0.3, -0.25) is 0 Å².